The van der Waals surface area contributed by atoms with Crippen molar-refractivity contribution < 1.29 is 14.7 Å². The van der Waals surface area contributed by atoms with Crippen LogP contribution in [0.4, 0.5) is 5.69 Å². The summed E-state index contributed by atoms with van der Waals surface area (Å²) in [7, 11) is 0. The maximum Gasteiger partial charge on any atom is 0.265 e. The minimum Gasteiger partial charge on any atom is -0.395 e. The monoisotopic (exact) mass is 368 g/mol. The van der Waals surface area contributed by atoms with Crippen LogP contribution in [0, 0.1) is 0 Å². The fourth-order valence-corrected chi connectivity index (χ4v) is 2.89. The lowest BCUT2D eigenvalue weighted by Crippen LogP contribution is -2.26. The van der Waals surface area contributed by atoms with E-state index in [1.807, 2.05) is 6.07 Å². The number of amides is 2. The molecule has 1 heterocycles. The van der Waals surface area contributed by atoms with Crippen molar-refractivity contribution in [3.05, 3.63) is 50.6 Å². The maximum absolute atomic E-state index is 12.0. The minimum atomic E-state index is -0.260. The lowest BCUT2D eigenvalue weighted by molar-refractivity contribution is 0.0944. The SMILES string of the molecule is O=C(NCCO)c1ccc(NC(=O)c2ccc(Br)s2)cc1. The van der Waals surface area contributed by atoms with Gasteiger partial charge in [0.05, 0.1) is 15.3 Å². The molecular weight excluding hydrogens is 356 g/mol. The van der Waals surface area contributed by atoms with Crippen molar-refractivity contribution in [2.24, 2.45) is 0 Å². The number of carbonyl (C=O) groups excluding carboxylic acids is 2. The number of carbonyl (C=O) groups is 2. The maximum atomic E-state index is 12.0. The summed E-state index contributed by atoms with van der Waals surface area (Å²) in [6, 6.07) is 10.1. The number of halogens is 1. The highest BCUT2D eigenvalue weighted by Crippen LogP contribution is 2.23. The van der Waals surface area contributed by atoms with Gasteiger partial charge in [0.15, 0.2) is 0 Å². The summed E-state index contributed by atoms with van der Waals surface area (Å²) in [6.07, 6.45) is 0. The highest BCUT2D eigenvalue weighted by atomic mass is 79.9. The molecule has 2 amide bonds. The molecule has 0 bridgehead atoms. The molecule has 0 saturated heterocycles. The average Bonchev–Trinajstić information content (AvgIpc) is 2.92. The Morgan fingerprint density at radius 1 is 1.10 bits per heavy atom. The van der Waals surface area contributed by atoms with E-state index in [1.54, 1.807) is 30.3 Å². The highest BCUT2D eigenvalue weighted by Gasteiger charge is 2.09. The number of aliphatic hydroxyl groups excluding tert-OH is 1. The molecule has 5 nitrogen and oxygen atoms in total. The molecule has 0 aliphatic carbocycles. The number of rotatable bonds is 5. The topological polar surface area (TPSA) is 78.4 Å². The third kappa shape index (κ3) is 4.38. The van der Waals surface area contributed by atoms with E-state index in [0.29, 0.717) is 16.1 Å². The Kier molecular flexibility index (Phi) is 5.49. The molecule has 3 N–H and O–H groups in total. The summed E-state index contributed by atoms with van der Waals surface area (Å²) >= 11 is 4.66. The van der Waals surface area contributed by atoms with Crippen LogP contribution < -0.4 is 10.6 Å². The van der Waals surface area contributed by atoms with Gasteiger partial charge in [-0.05, 0) is 52.3 Å². The van der Waals surface area contributed by atoms with E-state index in [9.17, 15) is 9.59 Å². The van der Waals surface area contributed by atoms with Crippen LogP contribution in [-0.2, 0) is 0 Å². The summed E-state index contributed by atoms with van der Waals surface area (Å²) in [5, 5.41) is 14.0. The van der Waals surface area contributed by atoms with Gasteiger partial charge in [-0.2, -0.15) is 0 Å². The summed E-state index contributed by atoms with van der Waals surface area (Å²) in [6.45, 7) is 0.112. The fraction of sp³-hybridized carbons (Fsp3) is 0.143. The second-order valence-corrected chi connectivity index (χ2v) is 6.58. The number of benzene rings is 1. The zero-order valence-corrected chi connectivity index (χ0v) is 13.3. The summed E-state index contributed by atoms with van der Waals surface area (Å²) < 4.78 is 0.892. The first kappa shape index (κ1) is 15.7. The summed E-state index contributed by atoms with van der Waals surface area (Å²) in [5.74, 6) is -0.452. The third-order valence-corrected chi connectivity index (χ3v) is 4.22. The van der Waals surface area contributed by atoms with Gasteiger partial charge in [0.1, 0.15) is 0 Å². The molecule has 1 aromatic carbocycles. The smallest absolute Gasteiger partial charge is 0.265 e. The number of aliphatic hydroxyl groups is 1. The van der Waals surface area contributed by atoms with Crippen LogP contribution in [0.25, 0.3) is 0 Å². The fourth-order valence-electron chi connectivity index (χ4n) is 1.61. The van der Waals surface area contributed by atoms with Gasteiger partial charge in [0, 0.05) is 17.8 Å². The molecule has 110 valence electrons. The predicted octanol–water partition coefficient (Wildman–Crippen LogP) is 2.49. The van der Waals surface area contributed by atoms with E-state index in [-0.39, 0.29) is 25.0 Å². The van der Waals surface area contributed by atoms with Crippen molar-refractivity contribution in [1.82, 2.24) is 5.32 Å². The van der Waals surface area contributed by atoms with Crippen molar-refractivity contribution in [3.8, 4) is 0 Å². The number of thiophene rings is 1. The van der Waals surface area contributed by atoms with E-state index in [0.717, 1.165) is 3.79 Å². The van der Waals surface area contributed by atoms with Crippen molar-refractivity contribution in [2.75, 3.05) is 18.5 Å². The van der Waals surface area contributed by atoms with Crippen LogP contribution in [0.2, 0.25) is 0 Å². The first-order chi connectivity index (χ1) is 10.1. The van der Waals surface area contributed by atoms with Crippen molar-refractivity contribution in [3.63, 3.8) is 0 Å². The Balaban J connectivity index is 1.99. The van der Waals surface area contributed by atoms with Crippen molar-refractivity contribution in [1.29, 1.82) is 0 Å². The van der Waals surface area contributed by atoms with Gasteiger partial charge >= 0.3 is 0 Å². The van der Waals surface area contributed by atoms with Crippen molar-refractivity contribution in [2.45, 2.75) is 0 Å². The normalized spacial score (nSPS) is 10.2. The quantitative estimate of drug-likeness (QED) is 0.758. The van der Waals surface area contributed by atoms with Gasteiger partial charge in [-0.15, -0.1) is 11.3 Å². The Hall–Kier alpha value is -1.70. The molecule has 2 rings (SSSR count). The van der Waals surface area contributed by atoms with Gasteiger partial charge < -0.3 is 15.7 Å². The van der Waals surface area contributed by atoms with Gasteiger partial charge in [-0.25, -0.2) is 0 Å². The third-order valence-electron chi connectivity index (χ3n) is 2.60. The predicted molar refractivity (Wildman–Crippen MR) is 85.8 cm³/mol. The lowest BCUT2D eigenvalue weighted by Gasteiger charge is -2.06. The van der Waals surface area contributed by atoms with E-state index >= 15 is 0 Å². The number of hydrogen-bond acceptors (Lipinski definition) is 4. The highest BCUT2D eigenvalue weighted by molar-refractivity contribution is 9.11. The Morgan fingerprint density at radius 2 is 1.81 bits per heavy atom. The van der Waals surface area contributed by atoms with Crippen LogP contribution in [0.15, 0.2) is 40.2 Å². The Labute approximate surface area is 134 Å². The molecule has 21 heavy (non-hydrogen) atoms. The number of anilines is 1. The Morgan fingerprint density at radius 3 is 2.38 bits per heavy atom. The van der Waals surface area contributed by atoms with E-state index in [4.69, 9.17) is 5.11 Å². The molecule has 0 fully saturated rings. The summed E-state index contributed by atoms with van der Waals surface area (Å²) in [4.78, 5) is 24.2. The molecule has 7 heteroatoms. The molecule has 0 radical (unpaired) electrons. The second-order valence-electron chi connectivity index (χ2n) is 4.11. The molecule has 2 aromatic rings. The molecule has 1 aromatic heterocycles. The minimum absolute atomic E-state index is 0.101. The molecule has 0 spiro atoms. The standard InChI is InChI=1S/C14H13BrN2O3S/c15-12-6-5-11(21-12)14(20)17-10-3-1-9(2-4-10)13(19)16-7-8-18/h1-6,18H,7-8H2,(H,16,19)(H,17,20). The van der Waals surface area contributed by atoms with Crippen LogP contribution in [0.1, 0.15) is 20.0 Å². The largest absolute Gasteiger partial charge is 0.395 e. The molecule has 0 unspecified atom stereocenters. The van der Waals surface area contributed by atoms with E-state index < -0.39 is 0 Å². The zero-order chi connectivity index (χ0) is 15.2. The molecule has 0 saturated carbocycles. The molecular formula is C14H13BrN2O3S. The molecule has 0 aliphatic rings. The first-order valence-electron chi connectivity index (χ1n) is 6.16. The lowest BCUT2D eigenvalue weighted by atomic mass is 10.2. The van der Waals surface area contributed by atoms with Crippen LogP contribution >= 0.6 is 27.3 Å². The van der Waals surface area contributed by atoms with Crippen molar-refractivity contribution >= 4 is 44.8 Å². The van der Waals surface area contributed by atoms with Crippen LogP contribution in [-0.4, -0.2) is 30.1 Å². The Bertz CT molecular complexity index is 640. The van der Waals surface area contributed by atoms with Crippen LogP contribution in [0.3, 0.4) is 0 Å². The zero-order valence-electron chi connectivity index (χ0n) is 10.9. The molecule has 0 aliphatic heterocycles. The van der Waals surface area contributed by atoms with Gasteiger partial charge in [0.25, 0.3) is 11.8 Å². The van der Waals surface area contributed by atoms with E-state index in [1.165, 1.54) is 11.3 Å². The number of nitrogens with one attached hydrogen (secondary N) is 2. The average molecular weight is 369 g/mol. The van der Waals surface area contributed by atoms with Gasteiger partial charge in [-0.1, -0.05) is 0 Å². The summed E-state index contributed by atoms with van der Waals surface area (Å²) in [5.41, 5.74) is 1.09. The van der Waals surface area contributed by atoms with E-state index in [2.05, 4.69) is 26.6 Å². The molecule has 0 atom stereocenters. The van der Waals surface area contributed by atoms with Crippen LogP contribution in [0.5, 0.6) is 0 Å². The second kappa shape index (κ2) is 7.35. The van der Waals surface area contributed by atoms with Gasteiger partial charge in [-0.3, -0.25) is 9.59 Å². The number of hydrogen-bond donors (Lipinski definition) is 3. The van der Waals surface area contributed by atoms with Gasteiger partial charge in [0.2, 0.25) is 0 Å². The first-order valence-corrected chi connectivity index (χ1v) is 7.77.